The van der Waals surface area contributed by atoms with Crippen molar-refractivity contribution in [2.45, 2.75) is 38.4 Å². The number of carbonyl (C=O) groups is 1. The van der Waals surface area contributed by atoms with Crippen LogP contribution in [-0.2, 0) is 22.0 Å². The Labute approximate surface area is 122 Å². The van der Waals surface area contributed by atoms with Gasteiger partial charge in [0.2, 0.25) is 5.91 Å². The molecule has 1 rings (SSSR count). The number of amides is 1. The molecule has 0 aliphatic carbocycles. The van der Waals surface area contributed by atoms with Crippen LogP contribution in [0.3, 0.4) is 0 Å². The Morgan fingerprint density at radius 3 is 2.40 bits per heavy atom. The fourth-order valence-corrected chi connectivity index (χ4v) is 2.49. The zero-order valence-corrected chi connectivity index (χ0v) is 13.1. The van der Waals surface area contributed by atoms with Crippen molar-refractivity contribution in [3.05, 3.63) is 35.6 Å². The summed E-state index contributed by atoms with van der Waals surface area (Å²) in [6, 6.07) is 6.13. The summed E-state index contributed by atoms with van der Waals surface area (Å²) < 4.78 is 24.2. The van der Waals surface area contributed by atoms with Gasteiger partial charge in [0.1, 0.15) is 5.82 Å². The first-order valence-corrected chi connectivity index (χ1v) is 8.00. The van der Waals surface area contributed by atoms with Gasteiger partial charge in [0.25, 0.3) is 0 Å². The van der Waals surface area contributed by atoms with Gasteiger partial charge in [0.05, 0.1) is 0 Å². The maximum Gasteiger partial charge on any atom is 0.220 e. The maximum absolute atomic E-state index is 12.7. The number of nitrogens with one attached hydrogen (secondary N) is 1. The van der Waals surface area contributed by atoms with E-state index in [1.54, 1.807) is 12.1 Å². The fourth-order valence-electron chi connectivity index (χ4n) is 1.59. The molecule has 1 aromatic rings. The minimum absolute atomic E-state index is 0.0692. The highest BCUT2D eigenvalue weighted by molar-refractivity contribution is 7.86. The van der Waals surface area contributed by atoms with Crippen LogP contribution in [0.25, 0.3) is 0 Å². The zero-order chi connectivity index (χ0) is 15.2. The first kappa shape index (κ1) is 16.8. The van der Waals surface area contributed by atoms with E-state index in [1.807, 2.05) is 20.8 Å². The van der Waals surface area contributed by atoms with Crippen LogP contribution < -0.4 is 5.32 Å². The minimum atomic E-state index is -0.953. The first-order chi connectivity index (χ1) is 9.29. The van der Waals surface area contributed by atoms with Gasteiger partial charge in [-0.2, -0.15) is 0 Å². The normalized spacial score (nSPS) is 13.0. The van der Waals surface area contributed by atoms with Crippen molar-refractivity contribution in [2.75, 3.05) is 12.3 Å². The van der Waals surface area contributed by atoms with Crippen molar-refractivity contribution in [1.29, 1.82) is 0 Å². The number of benzene rings is 1. The first-order valence-electron chi connectivity index (χ1n) is 6.68. The molecular formula is C15H22FNO2S. The van der Waals surface area contributed by atoms with Crippen LogP contribution in [0.5, 0.6) is 0 Å². The van der Waals surface area contributed by atoms with Crippen LogP contribution in [0.1, 0.15) is 32.8 Å². The predicted molar refractivity (Wildman–Crippen MR) is 80.5 cm³/mol. The Balaban J connectivity index is 2.24. The van der Waals surface area contributed by atoms with E-state index >= 15 is 0 Å². The molecule has 3 nitrogen and oxygen atoms in total. The molecule has 0 saturated heterocycles. The molecule has 0 fully saturated rings. The van der Waals surface area contributed by atoms with Crippen LogP contribution in [-0.4, -0.2) is 27.2 Å². The topological polar surface area (TPSA) is 46.2 Å². The fraction of sp³-hybridized carbons (Fsp3) is 0.533. The van der Waals surface area contributed by atoms with E-state index in [1.165, 1.54) is 12.1 Å². The highest BCUT2D eigenvalue weighted by Gasteiger charge is 2.18. The standard InChI is InChI=1S/C15H22FNO2S/c1-15(2,3)20(19)11-10-17-14(18)9-6-12-4-7-13(16)8-5-12/h4-5,7-8H,6,9-11H2,1-3H3,(H,17,18)/t20-/m0/s1. The number of halogens is 1. The van der Waals surface area contributed by atoms with E-state index in [2.05, 4.69) is 5.32 Å². The van der Waals surface area contributed by atoms with Crippen LogP contribution in [0.2, 0.25) is 0 Å². The molecule has 0 radical (unpaired) electrons. The van der Waals surface area contributed by atoms with E-state index in [0.717, 1.165) is 5.56 Å². The molecule has 0 aliphatic heterocycles. The molecule has 1 atom stereocenters. The van der Waals surface area contributed by atoms with Gasteiger partial charge in [-0.15, -0.1) is 0 Å². The Kier molecular flexibility index (Phi) is 6.33. The van der Waals surface area contributed by atoms with E-state index in [4.69, 9.17) is 0 Å². The molecule has 0 heterocycles. The van der Waals surface area contributed by atoms with Crippen LogP contribution in [0.15, 0.2) is 24.3 Å². The second-order valence-corrected chi connectivity index (χ2v) is 7.96. The van der Waals surface area contributed by atoms with Gasteiger partial charge < -0.3 is 5.32 Å². The van der Waals surface area contributed by atoms with E-state index < -0.39 is 10.8 Å². The molecule has 5 heteroatoms. The quantitative estimate of drug-likeness (QED) is 0.877. The summed E-state index contributed by atoms with van der Waals surface area (Å²) in [5.41, 5.74) is 0.930. The molecule has 20 heavy (non-hydrogen) atoms. The third-order valence-electron chi connectivity index (χ3n) is 2.85. The lowest BCUT2D eigenvalue weighted by Gasteiger charge is -2.17. The second kappa shape index (κ2) is 7.53. The van der Waals surface area contributed by atoms with Crippen molar-refractivity contribution in [1.82, 2.24) is 5.32 Å². The minimum Gasteiger partial charge on any atom is -0.355 e. The maximum atomic E-state index is 12.7. The summed E-state index contributed by atoms with van der Waals surface area (Å²) in [4.78, 5) is 11.6. The third-order valence-corrected chi connectivity index (χ3v) is 4.79. The second-order valence-electron chi connectivity index (χ2n) is 5.64. The largest absolute Gasteiger partial charge is 0.355 e. The third kappa shape index (κ3) is 6.28. The average molecular weight is 299 g/mol. The molecule has 0 spiro atoms. The van der Waals surface area contributed by atoms with E-state index in [0.29, 0.717) is 25.1 Å². The van der Waals surface area contributed by atoms with Gasteiger partial charge in [0.15, 0.2) is 0 Å². The van der Waals surface area contributed by atoms with Crippen molar-refractivity contribution < 1.29 is 13.4 Å². The molecule has 1 amide bonds. The van der Waals surface area contributed by atoms with Crippen molar-refractivity contribution in [3.63, 3.8) is 0 Å². The Hall–Kier alpha value is -1.23. The van der Waals surface area contributed by atoms with Gasteiger partial charge in [0, 0.05) is 34.3 Å². The van der Waals surface area contributed by atoms with Crippen LogP contribution in [0, 0.1) is 5.82 Å². The summed E-state index contributed by atoms with van der Waals surface area (Å²) in [7, 11) is -0.953. The lowest BCUT2D eigenvalue weighted by atomic mass is 10.1. The number of carbonyl (C=O) groups excluding carboxylic acids is 1. The predicted octanol–water partition coefficient (Wildman–Crippen LogP) is 2.42. The zero-order valence-electron chi connectivity index (χ0n) is 12.2. The lowest BCUT2D eigenvalue weighted by molar-refractivity contribution is -0.120. The average Bonchev–Trinajstić information content (AvgIpc) is 2.37. The van der Waals surface area contributed by atoms with Gasteiger partial charge in [-0.1, -0.05) is 12.1 Å². The molecule has 0 aromatic heterocycles. The Morgan fingerprint density at radius 1 is 1.25 bits per heavy atom. The van der Waals surface area contributed by atoms with Crippen LogP contribution in [0.4, 0.5) is 4.39 Å². The molecule has 0 saturated carbocycles. The number of aryl methyl sites for hydroxylation is 1. The molecule has 112 valence electrons. The highest BCUT2D eigenvalue weighted by atomic mass is 32.2. The van der Waals surface area contributed by atoms with Gasteiger partial charge in [-0.05, 0) is 44.9 Å². The molecule has 1 N–H and O–H groups in total. The summed E-state index contributed by atoms with van der Waals surface area (Å²) in [5, 5.41) is 2.76. The lowest BCUT2D eigenvalue weighted by Crippen LogP contribution is -2.32. The summed E-state index contributed by atoms with van der Waals surface area (Å²) in [6.45, 7) is 6.17. The Bertz CT molecular complexity index is 466. The number of hydrogen-bond acceptors (Lipinski definition) is 2. The summed E-state index contributed by atoms with van der Waals surface area (Å²) in [5.74, 6) is 0.120. The smallest absolute Gasteiger partial charge is 0.220 e. The van der Waals surface area contributed by atoms with Crippen molar-refractivity contribution in [3.8, 4) is 0 Å². The highest BCUT2D eigenvalue weighted by Crippen LogP contribution is 2.10. The number of rotatable bonds is 6. The monoisotopic (exact) mass is 299 g/mol. The summed E-state index contributed by atoms with van der Waals surface area (Å²) >= 11 is 0. The van der Waals surface area contributed by atoms with Gasteiger partial charge in [-0.3, -0.25) is 9.00 Å². The molecule has 0 aliphatic rings. The van der Waals surface area contributed by atoms with Gasteiger partial charge in [-0.25, -0.2) is 4.39 Å². The Morgan fingerprint density at radius 2 is 1.85 bits per heavy atom. The SMILES string of the molecule is CC(C)(C)[S@@](=O)CCNC(=O)CCc1ccc(F)cc1. The summed E-state index contributed by atoms with van der Waals surface area (Å²) in [6.07, 6.45) is 0.933. The molecule has 0 bridgehead atoms. The number of hydrogen-bond donors (Lipinski definition) is 1. The molecular weight excluding hydrogens is 277 g/mol. The van der Waals surface area contributed by atoms with Gasteiger partial charge >= 0.3 is 0 Å². The van der Waals surface area contributed by atoms with Crippen molar-refractivity contribution >= 4 is 16.7 Å². The van der Waals surface area contributed by atoms with E-state index in [-0.39, 0.29) is 16.5 Å². The van der Waals surface area contributed by atoms with E-state index in [9.17, 15) is 13.4 Å². The molecule has 0 unspecified atom stereocenters. The molecule has 1 aromatic carbocycles. The van der Waals surface area contributed by atoms with Crippen molar-refractivity contribution in [2.24, 2.45) is 0 Å². The van der Waals surface area contributed by atoms with Crippen LogP contribution >= 0.6 is 0 Å².